The number of benzene rings is 1. The van der Waals surface area contributed by atoms with Crippen LogP contribution < -0.4 is 11.3 Å². The molecule has 0 bridgehead atoms. The van der Waals surface area contributed by atoms with Gasteiger partial charge in [0.05, 0.1) is 16.6 Å². The Bertz CT molecular complexity index is 526. The van der Waals surface area contributed by atoms with Gasteiger partial charge in [0.2, 0.25) is 0 Å². The maximum atomic E-state index is 13.2. The number of halogens is 1. The molecule has 0 radical (unpaired) electrons. The van der Waals surface area contributed by atoms with Crippen LogP contribution in [0.2, 0.25) is 0 Å². The van der Waals surface area contributed by atoms with Crippen molar-refractivity contribution in [2.45, 2.75) is 19.9 Å². The first-order valence-electron chi connectivity index (χ1n) is 5.14. The lowest BCUT2D eigenvalue weighted by Gasteiger charge is -2.15. The molecule has 0 aliphatic heterocycles. The van der Waals surface area contributed by atoms with E-state index in [9.17, 15) is 4.39 Å². The lowest BCUT2D eigenvalue weighted by atomic mass is 10.0. The maximum absolute atomic E-state index is 13.2. The van der Waals surface area contributed by atoms with E-state index < -0.39 is 0 Å². The van der Waals surface area contributed by atoms with Crippen LogP contribution in [0.4, 0.5) is 4.39 Å². The number of hydrogen-bond donors (Lipinski definition) is 2. The van der Waals surface area contributed by atoms with Gasteiger partial charge in [0, 0.05) is 0 Å². The summed E-state index contributed by atoms with van der Waals surface area (Å²) in [5.41, 5.74) is 5.05. The van der Waals surface area contributed by atoms with Crippen molar-refractivity contribution in [2.24, 2.45) is 5.84 Å². The molecule has 0 spiro atoms. The Morgan fingerprint density at radius 1 is 1.41 bits per heavy atom. The number of aryl methyl sites for hydroxylation is 2. The van der Waals surface area contributed by atoms with Crippen LogP contribution in [0.3, 0.4) is 0 Å². The molecule has 1 aromatic carbocycles. The highest BCUT2D eigenvalue weighted by molar-refractivity contribution is 7.05. The molecule has 90 valence electrons. The first-order chi connectivity index (χ1) is 8.13. The lowest BCUT2D eigenvalue weighted by Crippen LogP contribution is -2.28. The van der Waals surface area contributed by atoms with E-state index in [0.717, 1.165) is 16.1 Å². The number of aromatic nitrogens is 2. The molecule has 6 heteroatoms. The Labute approximate surface area is 103 Å². The van der Waals surface area contributed by atoms with Gasteiger partial charge in [-0.05, 0) is 42.6 Å². The second kappa shape index (κ2) is 4.87. The SMILES string of the molecule is Cc1cc(C(NN)c2snnc2C)ccc1F. The fourth-order valence-electron chi connectivity index (χ4n) is 1.67. The largest absolute Gasteiger partial charge is 0.271 e. The van der Waals surface area contributed by atoms with Crippen LogP contribution >= 0.6 is 11.5 Å². The van der Waals surface area contributed by atoms with E-state index in [1.54, 1.807) is 19.1 Å². The van der Waals surface area contributed by atoms with Crippen molar-refractivity contribution in [1.29, 1.82) is 0 Å². The van der Waals surface area contributed by atoms with E-state index in [4.69, 9.17) is 5.84 Å². The summed E-state index contributed by atoms with van der Waals surface area (Å²) < 4.78 is 17.1. The fraction of sp³-hybridized carbons (Fsp3) is 0.273. The van der Waals surface area contributed by atoms with Crippen molar-refractivity contribution in [3.05, 3.63) is 45.7 Å². The highest BCUT2D eigenvalue weighted by Crippen LogP contribution is 2.27. The molecule has 2 rings (SSSR count). The maximum Gasteiger partial charge on any atom is 0.126 e. The van der Waals surface area contributed by atoms with Crippen LogP contribution in [0.25, 0.3) is 0 Å². The second-order valence-corrected chi connectivity index (χ2v) is 4.62. The monoisotopic (exact) mass is 252 g/mol. The zero-order chi connectivity index (χ0) is 12.4. The first kappa shape index (κ1) is 12.1. The minimum absolute atomic E-state index is 0.200. The van der Waals surface area contributed by atoms with E-state index in [1.165, 1.54) is 17.6 Å². The fourth-order valence-corrected chi connectivity index (χ4v) is 2.41. The van der Waals surface area contributed by atoms with Gasteiger partial charge in [-0.2, -0.15) is 0 Å². The molecule has 0 aliphatic carbocycles. The predicted octanol–water partition coefficient (Wildman–Crippen LogP) is 1.85. The molecule has 0 aliphatic rings. The summed E-state index contributed by atoms with van der Waals surface area (Å²) in [6.07, 6.45) is 0. The van der Waals surface area contributed by atoms with Gasteiger partial charge < -0.3 is 0 Å². The van der Waals surface area contributed by atoms with Gasteiger partial charge in [0.1, 0.15) is 5.82 Å². The van der Waals surface area contributed by atoms with Gasteiger partial charge in [-0.25, -0.2) is 9.82 Å². The quantitative estimate of drug-likeness (QED) is 0.646. The summed E-state index contributed by atoms with van der Waals surface area (Å²) in [5.74, 6) is 5.34. The molecule has 3 N–H and O–H groups in total. The molecule has 1 aromatic heterocycles. The highest BCUT2D eigenvalue weighted by Gasteiger charge is 2.18. The Morgan fingerprint density at radius 3 is 2.71 bits per heavy atom. The van der Waals surface area contributed by atoms with Crippen molar-refractivity contribution in [3.8, 4) is 0 Å². The Hall–Kier alpha value is -1.37. The standard InChI is InChI=1S/C11H13FN4S/c1-6-5-8(3-4-9(6)12)10(14-13)11-7(2)15-16-17-11/h3-5,10,14H,13H2,1-2H3. The second-order valence-electron chi connectivity index (χ2n) is 3.83. The van der Waals surface area contributed by atoms with Gasteiger partial charge in [-0.15, -0.1) is 5.10 Å². The molecule has 1 atom stereocenters. The van der Waals surface area contributed by atoms with Crippen LogP contribution in [0.1, 0.15) is 27.7 Å². The molecule has 1 unspecified atom stereocenters. The molecule has 0 saturated heterocycles. The molecule has 2 aromatic rings. The van der Waals surface area contributed by atoms with E-state index in [-0.39, 0.29) is 11.9 Å². The van der Waals surface area contributed by atoms with Crippen molar-refractivity contribution in [1.82, 2.24) is 15.0 Å². The summed E-state index contributed by atoms with van der Waals surface area (Å²) in [5, 5.41) is 3.95. The zero-order valence-corrected chi connectivity index (χ0v) is 10.4. The van der Waals surface area contributed by atoms with E-state index in [0.29, 0.717) is 5.56 Å². The van der Waals surface area contributed by atoms with Gasteiger partial charge in [-0.1, -0.05) is 16.6 Å². The molecular weight excluding hydrogens is 239 g/mol. The smallest absolute Gasteiger partial charge is 0.126 e. The third kappa shape index (κ3) is 2.33. The minimum atomic E-state index is -0.219. The summed E-state index contributed by atoms with van der Waals surface area (Å²) >= 11 is 1.29. The van der Waals surface area contributed by atoms with Gasteiger partial charge >= 0.3 is 0 Å². The van der Waals surface area contributed by atoms with Crippen LogP contribution in [-0.4, -0.2) is 9.59 Å². The number of hydrogen-bond acceptors (Lipinski definition) is 5. The highest BCUT2D eigenvalue weighted by atomic mass is 32.1. The summed E-state index contributed by atoms with van der Waals surface area (Å²) in [7, 11) is 0. The Kier molecular flexibility index (Phi) is 3.46. The van der Waals surface area contributed by atoms with E-state index >= 15 is 0 Å². The number of nitrogens with one attached hydrogen (secondary N) is 1. The first-order valence-corrected chi connectivity index (χ1v) is 5.92. The molecule has 4 nitrogen and oxygen atoms in total. The number of hydrazine groups is 1. The van der Waals surface area contributed by atoms with Crippen molar-refractivity contribution < 1.29 is 4.39 Å². The number of rotatable bonds is 3. The number of nitrogens with zero attached hydrogens (tertiary/aromatic N) is 2. The van der Waals surface area contributed by atoms with Crippen molar-refractivity contribution >= 4 is 11.5 Å². The number of nitrogens with two attached hydrogens (primary N) is 1. The van der Waals surface area contributed by atoms with Crippen LogP contribution in [-0.2, 0) is 0 Å². The third-order valence-corrected chi connectivity index (χ3v) is 3.52. The molecule has 0 fully saturated rings. The van der Waals surface area contributed by atoms with Gasteiger partial charge in [0.25, 0.3) is 0 Å². The van der Waals surface area contributed by atoms with Gasteiger partial charge in [0.15, 0.2) is 0 Å². The molecule has 0 amide bonds. The van der Waals surface area contributed by atoms with E-state index in [1.807, 2.05) is 6.92 Å². The molecular formula is C11H13FN4S. The van der Waals surface area contributed by atoms with E-state index in [2.05, 4.69) is 15.0 Å². The average Bonchev–Trinajstić information content (AvgIpc) is 2.71. The molecule has 1 heterocycles. The van der Waals surface area contributed by atoms with Crippen LogP contribution in [0.5, 0.6) is 0 Å². The Morgan fingerprint density at radius 2 is 2.18 bits per heavy atom. The van der Waals surface area contributed by atoms with Crippen LogP contribution in [0.15, 0.2) is 18.2 Å². The molecule has 0 saturated carbocycles. The predicted molar refractivity (Wildman–Crippen MR) is 64.9 cm³/mol. The zero-order valence-electron chi connectivity index (χ0n) is 9.57. The Balaban J connectivity index is 2.42. The minimum Gasteiger partial charge on any atom is -0.271 e. The van der Waals surface area contributed by atoms with Crippen molar-refractivity contribution in [3.63, 3.8) is 0 Å². The normalized spacial score (nSPS) is 12.7. The lowest BCUT2D eigenvalue weighted by molar-refractivity contribution is 0.609. The third-order valence-electron chi connectivity index (χ3n) is 2.63. The summed E-state index contributed by atoms with van der Waals surface area (Å²) in [6, 6.07) is 4.73. The van der Waals surface area contributed by atoms with Crippen molar-refractivity contribution in [2.75, 3.05) is 0 Å². The summed E-state index contributed by atoms with van der Waals surface area (Å²) in [4.78, 5) is 0.943. The topological polar surface area (TPSA) is 63.8 Å². The van der Waals surface area contributed by atoms with Gasteiger partial charge in [-0.3, -0.25) is 5.84 Å². The average molecular weight is 252 g/mol. The summed E-state index contributed by atoms with van der Waals surface area (Å²) in [6.45, 7) is 3.60. The van der Waals surface area contributed by atoms with Crippen LogP contribution in [0, 0.1) is 19.7 Å². The molecule has 17 heavy (non-hydrogen) atoms.